The fourth-order valence-corrected chi connectivity index (χ4v) is 0.893. The maximum atomic E-state index is 9.35. The molecule has 0 saturated heterocycles. The van der Waals surface area contributed by atoms with E-state index in [0.717, 1.165) is 0 Å². The Kier molecular flexibility index (Phi) is 2.32. The molecule has 3 N–H and O–H groups in total. The van der Waals surface area contributed by atoms with E-state index in [0.29, 0.717) is 11.3 Å². The molecular formula is C9H10N2O. The Hall–Kier alpha value is -1.53. The molecule has 0 aliphatic carbocycles. The predicted octanol–water partition coefficient (Wildman–Crippen LogP) is 0.788. The first-order valence-corrected chi connectivity index (χ1v) is 3.56. The zero-order valence-electron chi connectivity index (χ0n) is 6.78. The molecule has 1 atom stereocenters. The Labute approximate surface area is 71.2 Å². The number of rotatable bonds is 1. The minimum atomic E-state index is -0.281. The van der Waals surface area contributed by atoms with Crippen LogP contribution < -0.4 is 5.73 Å². The van der Waals surface area contributed by atoms with Crippen LogP contribution >= 0.6 is 0 Å². The largest absolute Gasteiger partial charge is 0.506 e. The SMILES string of the molecule is C#Cc1cnc([C@@H](C)N)c(O)c1. The van der Waals surface area contributed by atoms with Gasteiger partial charge in [-0.1, -0.05) is 5.92 Å². The summed E-state index contributed by atoms with van der Waals surface area (Å²) in [5.41, 5.74) is 6.55. The van der Waals surface area contributed by atoms with Crippen molar-refractivity contribution in [2.75, 3.05) is 0 Å². The molecular weight excluding hydrogens is 152 g/mol. The second-order valence-corrected chi connectivity index (χ2v) is 2.56. The number of aromatic hydroxyl groups is 1. The van der Waals surface area contributed by atoms with Crippen molar-refractivity contribution in [3.8, 4) is 18.1 Å². The Bertz CT molecular complexity index is 326. The molecule has 0 radical (unpaired) electrons. The van der Waals surface area contributed by atoms with Gasteiger partial charge < -0.3 is 10.8 Å². The van der Waals surface area contributed by atoms with Crippen LogP contribution in [0.15, 0.2) is 12.3 Å². The third kappa shape index (κ3) is 1.55. The summed E-state index contributed by atoms with van der Waals surface area (Å²) < 4.78 is 0. The van der Waals surface area contributed by atoms with Crippen molar-refractivity contribution in [3.63, 3.8) is 0 Å². The number of hydrogen-bond donors (Lipinski definition) is 2. The van der Waals surface area contributed by atoms with Gasteiger partial charge in [-0.2, -0.15) is 0 Å². The van der Waals surface area contributed by atoms with Gasteiger partial charge in [0.05, 0.1) is 5.69 Å². The molecule has 1 aromatic heterocycles. The van der Waals surface area contributed by atoms with Gasteiger partial charge in [-0.25, -0.2) is 0 Å². The van der Waals surface area contributed by atoms with Gasteiger partial charge in [0.25, 0.3) is 0 Å². The van der Waals surface area contributed by atoms with Gasteiger partial charge in [-0.3, -0.25) is 4.98 Å². The molecule has 3 heteroatoms. The molecule has 0 fully saturated rings. The lowest BCUT2D eigenvalue weighted by atomic mass is 10.2. The number of terminal acetylenes is 1. The maximum Gasteiger partial charge on any atom is 0.139 e. The Morgan fingerprint density at radius 1 is 1.75 bits per heavy atom. The average Bonchev–Trinajstić information content (AvgIpc) is 2.03. The summed E-state index contributed by atoms with van der Waals surface area (Å²) in [6, 6.07) is 1.20. The van der Waals surface area contributed by atoms with E-state index in [4.69, 9.17) is 12.2 Å². The van der Waals surface area contributed by atoms with Crippen molar-refractivity contribution < 1.29 is 5.11 Å². The molecule has 0 aromatic carbocycles. The number of aromatic nitrogens is 1. The molecule has 62 valence electrons. The van der Waals surface area contributed by atoms with Crippen molar-refractivity contribution >= 4 is 0 Å². The third-order valence-electron chi connectivity index (χ3n) is 1.50. The molecule has 0 spiro atoms. The van der Waals surface area contributed by atoms with Crippen molar-refractivity contribution in [1.82, 2.24) is 4.98 Å². The third-order valence-corrected chi connectivity index (χ3v) is 1.50. The number of hydrogen-bond acceptors (Lipinski definition) is 3. The molecule has 0 aliphatic heterocycles. The topological polar surface area (TPSA) is 59.1 Å². The Morgan fingerprint density at radius 3 is 2.83 bits per heavy atom. The highest BCUT2D eigenvalue weighted by molar-refractivity contribution is 5.39. The van der Waals surface area contributed by atoms with Crippen molar-refractivity contribution in [1.29, 1.82) is 0 Å². The first-order valence-electron chi connectivity index (χ1n) is 3.56. The van der Waals surface area contributed by atoms with Gasteiger partial charge in [0.1, 0.15) is 5.75 Å². The quantitative estimate of drug-likeness (QED) is 0.600. The lowest BCUT2D eigenvalue weighted by Crippen LogP contribution is -2.07. The molecule has 0 bridgehead atoms. The summed E-state index contributed by atoms with van der Waals surface area (Å²) in [6.45, 7) is 1.75. The van der Waals surface area contributed by atoms with Crippen LogP contribution in [-0.4, -0.2) is 10.1 Å². The molecule has 1 aromatic rings. The van der Waals surface area contributed by atoms with Gasteiger partial charge in [-0.15, -0.1) is 6.42 Å². The lowest BCUT2D eigenvalue weighted by Gasteiger charge is -2.06. The van der Waals surface area contributed by atoms with Crippen molar-refractivity contribution in [2.45, 2.75) is 13.0 Å². The van der Waals surface area contributed by atoms with Crippen LogP contribution in [0.25, 0.3) is 0 Å². The molecule has 0 amide bonds. The summed E-state index contributed by atoms with van der Waals surface area (Å²) in [4.78, 5) is 3.93. The maximum absolute atomic E-state index is 9.35. The fourth-order valence-electron chi connectivity index (χ4n) is 0.893. The summed E-state index contributed by atoms with van der Waals surface area (Å²) in [7, 11) is 0. The van der Waals surface area contributed by atoms with Crippen LogP contribution in [0, 0.1) is 12.3 Å². The second-order valence-electron chi connectivity index (χ2n) is 2.56. The molecule has 1 rings (SSSR count). The Balaban J connectivity index is 3.14. The van der Waals surface area contributed by atoms with E-state index >= 15 is 0 Å². The van der Waals surface area contributed by atoms with E-state index < -0.39 is 0 Å². The molecule has 0 unspecified atom stereocenters. The highest BCUT2D eigenvalue weighted by Crippen LogP contribution is 2.20. The van der Waals surface area contributed by atoms with Crippen molar-refractivity contribution in [3.05, 3.63) is 23.5 Å². The molecule has 0 saturated carbocycles. The van der Waals surface area contributed by atoms with Crippen LogP contribution in [0.4, 0.5) is 0 Å². The predicted molar refractivity (Wildman–Crippen MR) is 46.4 cm³/mol. The van der Waals surface area contributed by atoms with Gasteiger partial charge in [0.15, 0.2) is 0 Å². The smallest absolute Gasteiger partial charge is 0.139 e. The van der Waals surface area contributed by atoms with Gasteiger partial charge in [-0.05, 0) is 13.0 Å². The Morgan fingerprint density at radius 2 is 2.42 bits per heavy atom. The number of nitrogens with two attached hydrogens (primary N) is 1. The van der Waals surface area contributed by atoms with Crippen LogP contribution in [0.2, 0.25) is 0 Å². The minimum absolute atomic E-state index is 0.0560. The van der Waals surface area contributed by atoms with Gasteiger partial charge in [0.2, 0.25) is 0 Å². The van der Waals surface area contributed by atoms with E-state index in [1.807, 2.05) is 0 Å². The summed E-state index contributed by atoms with van der Waals surface area (Å²) in [5, 5.41) is 9.35. The van der Waals surface area contributed by atoms with Crippen LogP contribution in [0.5, 0.6) is 5.75 Å². The lowest BCUT2D eigenvalue weighted by molar-refractivity contribution is 0.458. The zero-order chi connectivity index (χ0) is 9.14. The highest BCUT2D eigenvalue weighted by atomic mass is 16.3. The van der Waals surface area contributed by atoms with E-state index in [-0.39, 0.29) is 11.8 Å². The molecule has 0 aliphatic rings. The second kappa shape index (κ2) is 3.24. The van der Waals surface area contributed by atoms with E-state index in [9.17, 15) is 5.11 Å². The van der Waals surface area contributed by atoms with Gasteiger partial charge >= 0.3 is 0 Å². The summed E-state index contributed by atoms with van der Waals surface area (Å²) in [5.74, 6) is 2.43. The van der Waals surface area contributed by atoms with Crippen LogP contribution in [0.3, 0.4) is 0 Å². The number of pyridine rings is 1. The van der Waals surface area contributed by atoms with Crippen LogP contribution in [0.1, 0.15) is 24.2 Å². The normalized spacial score (nSPS) is 12.1. The summed E-state index contributed by atoms with van der Waals surface area (Å²) in [6.07, 6.45) is 6.62. The zero-order valence-corrected chi connectivity index (χ0v) is 6.78. The van der Waals surface area contributed by atoms with E-state index in [1.165, 1.54) is 12.3 Å². The molecule has 1 heterocycles. The highest BCUT2D eigenvalue weighted by Gasteiger charge is 2.07. The molecule has 3 nitrogen and oxygen atoms in total. The summed E-state index contributed by atoms with van der Waals surface area (Å²) >= 11 is 0. The standard InChI is InChI=1S/C9H10N2O/c1-3-7-4-8(12)9(6(2)10)11-5-7/h1,4-6,12H,10H2,2H3/t6-/m1/s1. The molecule has 12 heavy (non-hydrogen) atoms. The van der Waals surface area contributed by atoms with E-state index in [2.05, 4.69) is 10.9 Å². The first-order chi connectivity index (χ1) is 5.65. The van der Waals surface area contributed by atoms with Crippen molar-refractivity contribution in [2.24, 2.45) is 5.73 Å². The fraction of sp³-hybridized carbons (Fsp3) is 0.222. The van der Waals surface area contributed by atoms with E-state index in [1.54, 1.807) is 6.92 Å². The minimum Gasteiger partial charge on any atom is -0.506 e. The number of nitrogens with zero attached hydrogens (tertiary/aromatic N) is 1. The average molecular weight is 162 g/mol. The van der Waals surface area contributed by atoms with Gasteiger partial charge in [0, 0.05) is 17.8 Å². The van der Waals surface area contributed by atoms with Crippen LogP contribution in [-0.2, 0) is 0 Å². The monoisotopic (exact) mass is 162 g/mol. The first kappa shape index (κ1) is 8.57.